The number of likely N-dealkylation sites (tertiary alicyclic amines) is 1. The van der Waals surface area contributed by atoms with Gasteiger partial charge in [0.15, 0.2) is 0 Å². The molecule has 0 aromatic heterocycles. The summed E-state index contributed by atoms with van der Waals surface area (Å²) < 4.78 is 0. The Morgan fingerprint density at radius 2 is 1.79 bits per heavy atom. The van der Waals surface area contributed by atoms with Crippen LogP contribution in [0.4, 0.5) is 0 Å². The second kappa shape index (κ2) is 6.23. The molecule has 0 radical (unpaired) electrons. The molecule has 0 spiro atoms. The van der Waals surface area contributed by atoms with Gasteiger partial charge in [0, 0.05) is 12.6 Å². The van der Waals surface area contributed by atoms with E-state index in [0.29, 0.717) is 11.9 Å². The second-order valence-corrected chi connectivity index (χ2v) is 6.34. The monoisotopic (exact) mass is 265 g/mol. The fourth-order valence-corrected chi connectivity index (χ4v) is 4.18. The van der Waals surface area contributed by atoms with E-state index in [1.165, 1.54) is 32.1 Å². The summed E-state index contributed by atoms with van der Waals surface area (Å²) in [5.74, 6) is 1.10. The molecule has 3 fully saturated rings. The first-order valence-electron chi connectivity index (χ1n) is 8.10. The molecule has 1 amide bonds. The standard InChI is InChI=1S/C15H27N3O/c19-15-14(4-1-2-8-17-15)18-11-3-5-13(18)12-6-9-16-10-7-12/h12-14,16H,1-11H2,(H,17,19). The molecule has 3 aliphatic rings. The Hall–Kier alpha value is -0.610. The Kier molecular flexibility index (Phi) is 4.38. The lowest BCUT2D eigenvalue weighted by Crippen LogP contribution is -2.51. The molecule has 19 heavy (non-hydrogen) atoms. The Morgan fingerprint density at radius 1 is 0.947 bits per heavy atom. The number of rotatable bonds is 2. The molecule has 2 N–H and O–H groups in total. The van der Waals surface area contributed by atoms with Gasteiger partial charge < -0.3 is 10.6 Å². The van der Waals surface area contributed by atoms with E-state index in [1.807, 2.05) is 0 Å². The Balaban J connectivity index is 1.68. The van der Waals surface area contributed by atoms with E-state index < -0.39 is 0 Å². The van der Waals surface area contributed by atoms with E-state index in [0.717, 1.165) is 44.9 Å². The van der Waals surface area contributed by atoms with Crippen LogP contribution in [0.2, 0.25) is 0 Å². The molecule has 3 aliphatic heterocycles. The number of hydrogen-bond donors (Lipinski definition) is 2. The molecule has 0 aromatic carbocycles. The predicted molar refractivity (Wildman–Crippen MR) is 76.0 cm³/mol. The zero-order valence-electron chi connectivity index (χ0n) is 11.9. The number of amides is 1. The van der Waals surface area contributed by atoms with Crippen molar-refractivity contribution in [2.24, 2.45) is 5.92 Å². The average molecular weight is 265 g/mol. The minimum Gasteiger partial charge on any atom is -0.355 e. The lowest BCUT2D eigenvalue weighted by molar-refractivity contribution is -0.127. The van der Waals surface area contributed by atoms with E-state index in [1.54, 1.807) is 0 Å². The summed E-state index contributed by atoms with van der Waals surface area (Å²) in [5.41, 5.74) is 0. The van der Waals surface area contributed by atoms with Crippen molar-refractivity contribution >= 4 is 5.91 Å². The van der Waals surface area contributed by atoms with Crippen LogP contribution in [0.1, 0.15) is 44.9 Å². The van der Waals surface area contributed by atoms with Crippen molar-refractivity contribution in [3.8, 4) is 0 Å². The van der Waals surface area contributed by atoms with Crippen LogP contribution in [0.15, 0.2) is 0 Å². The van der Waals surface area contributed by atoms with Crippen molar-refractivity contribution in [3.63, 3.8) is 0 Å². The predicted octanol–water partition coefficient (Wildman–Crippen LogP) is 1.12. The maximum Gasteiger partial charge on any atom is 0.237 e. The van der Waals surface area contributed by atoms with Crippen LogP contribution in [0.25, 0.3) is 0 Å². The second-order valence-electron chi connectivity index (χ2n) is 6.34. The van der Waals surface area contributed by atoms with Gasteiger partial charge in [-0.1, -0.05) is 0 Å². The minimum absolute atomic E-state index is 0.157. The molecule has 0 aliphatic carbocycles. The van der Waals surface area contributed by atoms with Gasteiger partial charge in [-0.05, 0) is 70.5 Å². The lowest BCUT2D eigenvalue weighted by atomic mass is 9.88. The van der Waals surface area contributed by atoms with Crippen molar-refractivity contribution in [2.45, 2.75) is 57.0 Å². The third kappa shape index (κ3) is 2.95. The molecule has 4 nitrogen and oxygen atoms in total. The third-order valence-corrected chi connectivity index (χ3v) is 5.18. The van der Waals surface area contributed by atoms with Crippen molar-refractivity contribution in [3.05, 3.63) is 0 Å². The average Bonchev–Trinajstić information content (AvgIpc) is 2.83. The maximum atomic E-state index is 12.3. The maximum absolute atomic E-state index is 12.3. The first kappa shape index (κ1) is 13.4. The highest BCUT2D eigenvalue weighted by atomic mass is 16.2. The quantitative estimate of drug-likeness (QED) is 0.786. The fourth-order valence-electron chi connectivity index (χ4n) is 4.18. The zero-order valence-corrected chi connectivity index (χ0v) is 11.9. The number of nitrogens with one attached hydrogen (secondary N) is 2. The molecule has 0 bridgehead atoms. The van der Waals surface area contributed by atoms with Crippen LogP contribution in [-0.4, -0.2) is 49.1 Å². The summed E-state index contributed by atoms with van der Waals surface area (Å²) >= 11 is 0. The van der Waals surface area contributed by atoms with Gasteiger partial charge in [0.2, 0.25) is 5.91 Å². The van der Waals surface area contributed by atoms with Gasteiger partial charge in [0.25, 0.3) is 0 Å². The number of carbonyl (C=O) groups excluding carboxylic acids is 1. The van der Waals surface area contributed by atoms with Gasteiger partial charge >= 0.3 is 0 Å². The van der Waals surface area contributed by atoms with Crippen molar-refractivity contribution < 1.29 is 4.79 Å². The molecule has 108 valence electrons. The normalized spacial score (nSPS) is 35.1. The topological polar surface area (TPSA) is 44.4 Å². The summed E-state index contributed by atoms with van der Waals surface area (Å²) in [5, 5.41) is 6.56. The van der Waals surface area contributed by atoms with Gasteiger partial charge in [-0.3, -0.25) is 9.69 Å². The van der Waals surface area contributed by atoms with Crippen molar-refractivity contribution in [1.82, 2.24) is 15.5 Å². The third-order valence-electron chi connectivity index (χ3n) is 5.18. The summed E-state index contributed by atoms with van der Waals surface area (Å²) in [6.45, 7) is 4.33. The van der Waals surface area contributed by atoms with Gasteiger partial charge in [-0.2, -0.15) is 0 Å². The molecule has 4 heteroatoms. The van der Waals surface area contributed by atoms with Crippen LogP contribution in [0.5, 0.6) is 0 Å². The lowest BCUT2D eigenvalue weighted by Gasteiger charge is -2.37. The first-order valence-corrected chi connectivity index (χ1v) is 8.10. The van der Waals surface area contributed by atoms with Crippen LogP contribution in [0, 0.1) is 5.92 Å². The van der Waals surface area contributed by atoms with Gasteiger partial charge in [0.1, 0.15) is 0 Å². The van der Waals surface area contributed by atoms with Crippen molar-refractivity contribution in [2.75, 3.05) is 26.2 Å². The molecule has 3 heterocycles. The molecule has 0 saturated carbocycles. The Labute approximate surface area is 116 Å². The van der Waals surface area contributed by atoms with Gasteiger partial charge in [-0.15, -0.1) is 0 Å². The van der Waals surface area contributed by atoms with Crippen LogP contribution in [0.3, 0.4) is 0 Å². The number of hydrogen-bond acceptors (Lipinski definition) is 3. The number of carbonyl (C=O) groups is 1. The van der Waals surface area contributed by atoms with Crippen LogP contribution in [-0.2, 0) is 4.79 Å². The van der Waals surface area contributed by atoms with Crippen LogP contribution < -0.4 is 10.6 Å². The molecule has 0 aromatic rings. The van der Waals surface area contributed by atoms with E-state index >= 15 is 0 Å². The number of nitrogens with zero attached hydrogens (tertiary/aromatic N) is 1. The molecule has 3 rings (SSSR count). The highest BCUT2D eigenvalue weighted by Crippen LogP contribution is 2.32. The highest BCUT2D eigenvalue weighted by molar-refractivity contribution is 5.82. The van der Waals surface area contributed by atoms with Crippen LogP contribution >= 0.6 is 0 Å². The fraction of sp³-hybridized carbons (Fsp3) is 0.933. The van der Waals surface area contributed by atoms with E-state index in [-0.39, 0.29) is 6.04 Å². The first-order chi connectivity index (χ1) is 9.36. The SMILES string of the molecule is O=C1NCCCCC1N1CCCC1C1CCNCC1. The largest absolute Gasteiger partial charge is 0.355 e. The summed E-state index contributed by atoms with van der Waals surface area (Å²) in [4.78, 5) is 14.8. The molecule has 2 unspecified atom stereocenters. The summed E-state index contributed by atoms with van der Waals surface area (Å²) in [6, 6.07) is 0.820. The number of piperidine rings is 1. The highest BCUT2D eigenvalue weighted by Gasteiger charge is 2.38. The van der Waals surface area contributed by atoms with E-state index in [4.69, 9.17) is 0 Å². The van der Waals surface area contributed by atoms with E-state index in [2.05, 4.69) is 15.5 Å². The van der Waals surface area contributed by atoms with E-state index in [9.17, 15) is 4.79 Å². The van der Waals surface area contributed by atoms with Crippen molar-refractivity contribution in [1.29, 1.82) is 0 Å². The summed E-state index contributed by atoms with van der Waals surface area (Å²) in [7, 11) is 0. The smallest absolute Gasteiger partial charge is 0.237 e. The Bertz CT molecular complexity index is 315. The Morgan fingerprint density at radius 3 is 2.63 bits per heavy atom. The summed E-state index contributed by atoms with van der Waals surface area (Å²) in [6.07, 6.45) is 8.55. The molecule has 3 saturated heterocycles. The van der Waals surface area contributed by atoms with Gasteiger partial charge in [-0.25, -0.2) is 0 Å². The zero-order chi connectivity index (χ0) is 13.1. The minimum atomic E-state index is 0.157. The molecular weight excluding hydrogens is 238 g/mol. The van der Waals surface area contributed by atoms with Gasteiger partial charge in [0.05, 0.1) is 6.04 Å². The molecular formula is C15H27N3O. The molecule has 2 atom stereocenters.